The lowest BCUT2D eigenvalue weighted by atomic mass is 10.2. The van der Waals surface area contributed by atoms with E-state index in [4.69, 9.17) is 9.15 Å². The number of piperazine rings is 1. The van der Waals surface area contributed by atoms with E-state index in [0.717, 1.165) is 16.7 Å². The first-order chi connectivity index (χ1) is 12.3. The molecule has 1 fully saturated rings. The molecule has 6 nitrogen and oxygen atoms in total. The zero-order valence-electron chi connectivity index (χ0n) is 13.8. The van der Waals surface area contributed by atoms with Crippen LogP contribution in [-0.2, 0) is 11.3 Å². The highest BCUT2D eigenvalue weighted by atomic mass is 16.6. The van der Waals surface area contributed by atoms with E-state index in [1.165, 1.54) is 0 Å². The second kappa shape index (κ2) is 6.84. The Morgan fingerprint density at radius 1 is 1.00 bits per heavy atom. The lowest BCUT2D eigenvalue weighted by Gasteiger charge is -2.33. The van der Waals surface area contributed by atoms with Gasteiger partial charge in [0.2, 0.25) is 0 Å². The van der Waals surface area contributed by atoms with Crippen LogP contribution in [0.3, 0.4) is 0 Å². The minimum absolute atomic E-state index is 0.277. The summed E-state index contributed by atoms with van der Waals surface area (Å²) in [4.78, 5) is 20.5. The van der Waals surface area contributed by atoms with Gasteiger partial charge in [-0.1, -0.05) is 42.5 Å². The molecular weight excluding hydrogens is 318 g/mol. The third-order valence-corrected chi connectivity index (χ3v) is 4.30. The van der Waals surface area contributed by atoms with Crippen molar-refractivity contribution >= 4 is 23.2 Å². The first-order valence-electron chi connectivity index (χ1n) is 8.36. The molecule has 2 aromatic carbocycles. The maximum atomic E-state index is 12.2. The largest absolute Gasteiger partial charge is 0.445 e. The van der Waals surface area contributed by atoms with Crippen LogP contribution in [-0.4, -0.2) is 42.2 Å². The number of hydrogen-bond donors (Lipinski definition) is 0. The molecule has 1 aromatic heterocycles. The average Bonchev–Trinajstić information content (AvgIpc) is 3.11. The highest BCUT2D eigenvalue weighted by Crippen LogP contribution is 2.22. The quantitative estimate of drug-likeness (QED) is 0.734. The smallest absolute Gasteiger partial charge is 0.410 e. The van der Waals surface area contributed by atoms with Gasteiger partial charge in [0, 0.05) is 26.2 Å². The number of oxazole rings is 1. The fraction of sp³-hybridized carbons (Fsp3) is 0.263. The summed E-state index contributed by atoms with van der Waals surface area (Å²) in [6, 6.07) is 18.0. The Balaban J connectivity index is 1.32. The van der Waals surface area contributed by atoms with Crippen molar-refractivity contribution in [1.29, 1.82) is 0 Å². The predicted octanol–water partition coefficient (Wildman–Crippen LogP) is 3.29. The SMILES string of the molecule is O=C(OCc1ccccc1)N1CCN(c2nc3ccccc3o2)CC1. The molecule has 1 aliphatic rings. The highest BCUT2D eigenvalue weighted by Gasteiger charge is 2.24. The molecule has 0 N–H and O–H groups in total. The van der Waals surface area contributed by atoms with Crippen molar-refractivity contribution in [2.45, 2.75) is 6.61 Å². The van der Waals surface area contributed by atoms with Crippen LogP contribution in [0.15, 0.2) is 59.0 Å². The van der Waals surface area contributed by atoms with Crippen molar-refractivity contribution in [1.82, 2.24) is 9.88 Å². The molecule has 6 heteroatoms. The summed E-state index contributed by atoms with van der Waals surface area (Å²) in [5, 5.41) is 0. The van der Waals surface area contributed by atoms with Crippen LogP contribution in [0.5, 0.6) is 0 Å². The number of fused-ring (bicyclic) bond motifs is 1. The number of anilines is 1. The van der Waals surface area contributed by atoms with Crippen LogP contribution in [0.2, 0.25) is 0 Å². The highest BCUT2D eigenvalue weighted by molar-refractivity contribution is 5.74. The molecule has 1 aliphatic heterocycles. The number of hydrogen-bond acceptors (Lipinski definition) is 5. The molecule has 0 unspecified atom stereocenters. The molecule has 1 amide bonds. The van der Waals surface area contributed by atoms with Gasteiger partial charge in [-0.25, -0.2) is 4.79 Å². The van der Waals surface area contributed by atoms with Gasteiger partial charge in [0.25, 0.3) is 6.01 Å². The molecule has 2 heterocycles. The summed E-state index contributed by atoms with van der Waals surface area (Å²) in [5.41, 5.74) is 2.62. The molecule has 1 saturated heterocycles. The summed E-state index contributed by atoms with van der Waals surface area (Å²) in [6.07, 6.45) is -0.277. The van der Waals surface area contributed by atoms with Crippen LogP contribution in [0.1, 0.15) is 5.56 Å². The molecule has 25 heavy (non-hydrogen) atoms. The zero-order valence-corrected chi connectivity index (χ0v) is 13.8. The molecule has 128 valence electrons. The van der Waals surface area contributed by atoms with Gasteiger partial charge in [-0.15, -0.1) is 0 Å². The van der Waals surface area contributed by atoms with Crippen LogP contribution in [0.4, 0.5) is 10.8 Å². The summed E-state index contributed by atoms with van der Waals surface area (Å²) in [5.74, 6) is 0. The van der Waals surface area contributed by atoms with E-state index in [1.54, 1.807) is 4.90 Å². The van der Waals surface area contributed by atoms with E-state index in [2.05, 4.69) is 9.88 Å². The number of rotatable bonds is 3. The molecule has 0 spiro atoms. The lowest BCUT2D eigenvalue weighted by molar-refractivity contribution is 0.0938. The van der Waals surface area contributed by atoms with Gasteiger partial charge in [-0.05, 0) is 17.7 Å². The van der Waals surface area contributed by atoms with E-state index >= 15 is 0 Å². The first kappa shape index (κ1) is 15.5. The van der Waals surface area contributed by atoms with E-state index in [1.807, 2.05) is 54.6 Å². The fourth-order valence-corrected chi connectivity index (χ4v) is 2.89. The third kappa shape index (κ3) is 3.42. The van der Waals surface area contributed by atoms with Crippen LogP contribution in [0, 0.1) is 0 Å². The number of para-hydroxylation sites is 2. The minimum atomic E-state index is -0.277. The van der Waals surface area contributed by atoms with Crippen molar-refractivity contribution in [2.24, 2.45) is 0 Å². The summed E-state index contributed by atoms with van der Waals surface area (Å²) in [7, 11) is 0. The fourth-order valence-electron chi connectivity index (χ4n) is 2.89. The lowest BCUT2D eigenvalue weighted by Crippen LogP contribution is -2.49. The molecule has 0 aliphatic carbocycles. The Hall–Kier alpha value is -3.02. The second-order valence-electron chi connectivity index (χ2n) is 5.98. The standard InChI is InChI=1S/C19H19N3O3/c23-19(24-14-15-6-2-1-3-7-15)22-12-10-21(11-13-22)18-20-16-8-4-5-9-17(16)25-18/h1-9H,10-14H2. The normalized spacial score (nSPS) is 14.7. The molecule has 0 bridgehead atoms. The third-order valence-electron chi connectivity index (χ3n) is 4.30. The van der Waals surface area contributed by atoms with Crippen molar-refractivity contribution < 1.29 is 13.9 Å². The van der Waals surface area contributed by atoms with Crippen LogP contribution >= 0.6 is 0 Å². The van der Waals surface area contributed by atoms with E-state index in [9.17, 15) is 4.79 Å². The molecule has 4 rings (SSSR count). The molecule has 0 atom stereocenters. The molecular formula is C19H19N3O3. The maximum Gasteiger partial charge on any atom is 0.410 e. The number of carbonyl (C=O) groups is 1. The Bertz CT molecular complexity index is 821. The van der Waals surface area contributed by atoms with E-state index in [0.29, 0.717) is 38.8 Å². The van der Waals surface area contributed by atoms with Crippen molar-refractivity contribution in [3.05, 3.63) is 60.2 Å². The summed E-state index contributed by atoms with van der Waals surface area (Å²) >= 11 is 0. The molecule has 0 radical (unpaired) electrons. The molecule has 3 aromatic rings. The Morgan fingerprint density at radius 3 is 2.48 bits per heavy atom. The van der Waals surface area contributed by atoms with E-state index in [-0.39, 0.29) is 6.09 Å². The average molecular weight is 337 g/mol. The number of benzene rings is 2. The van der Waals surface area contributed by atoms with Crippen molar-refractivity contribution in [3.8, 4) is 0 Å². The van der Waals surface area contributed by atoms with Gasteiger partial charge in [0.05, 0.1) is 0 Å². The number of carbonyl (C=O) groups excluding carboxylic acids is 1. The summed E-state index contributed by atoms with van der Waals surface area (Å²) in [6.45, 7) is 2.82. The second-order valence-corrected chi connectivity index (χ2v) is 5.98. The number of amides is 1. The number of aromatic nitrogens is 1. The minimum Gasteiger partial charge on any atom is -0.445 e. The summed E-state index contributed by atoms with van der Waals surface area (Å²) < 4.78 is 11.2. The van der Waals surface area contributed by atoms with Gasteiger partial charge in [0.1, 0.15) is 12.1 Å². The van der Waals surface area contributed by atoms with Gasteiger partial charge < -0.3 is 19.0 Å². The zero-order chi connectivity index (χ0) is 17.1. The number of nitrogens with zero attached hydrogens (tertiary/aromatic N) is 3. The first-order valence-corrected chi connectivity index (χ1v) is 8.36. The monoisotopic (exact) mass is 337 g/mol. The molecule has 0 saturated carbocycles. The van der Waals surface area contributed by atoms with Gasteiger partial charge >= 0.3 is 6.09 Å². The van der Waals surface area contributed by atoms with Crippen LogP contribution < -0.4 is 4.90 Å². The Kier molecular flexibility index (Phi) is 4.24. The van der Waals surface area contributed by atoms with Crippen molar-refractivity contribution in [2.75, 3.05) is 31.1 Å². The van der Waals surface area contributed by atoms with Crippen molar-refractivity contribution in [3.63, 3.8) is 0 Å². The van der Waals surface area contributed by atoms with Gasteiger partial charge in [-0.2, -0.15) is 4.98 Å². The Morgan fingerprint density at radius 2 is 1.72 bits per heavy atom. The van der Waals surface area contributed by atoms with E-state index < -0.39 is 0 Å². The van der Waals surface area contributed by atoms with Gasteiger partial charge in [0.15, 0.2) is 5.58 Å². The number of ether oxygens (including phenoxy) is 1. The Labute approximate surface area is 145 Å². The topological polar surface area (TPSA) is 58.8 Å². The van der Waals surface area contributed by atoms with Gasteiger partial charge in [-0.3, -0.25) is 0 Å². The van der Waals surface area contributed by atoms with Crippen LogP contribution in [0.25, 0.3) is 11.1 Å². The maximum absolute atomic E-state index is 12.2. The predicted molar refractivity (Wildman–Crippen MR) is 94.4 cm³/mol.